The monoisotopic (exact) mass is 341 g/mol. The van der Waals surface area contributed by atoms with Crippen LogP contribution < -0.4 is 10.6 Å². The van der Waals surface area contributed by atoms with E-state index in [2.05, 4.69) is 15.5 Å². The lowest BCUT2D eigenvalue weighted by atomic mass is 9.95. The van der Waals surface area contributed by atoms with E-state index in [9.17, 15) is 4.79 Å². The molecule has 0 aliphatic heterocycles. The molecule has 0 saturated carbocycles. The van der Waals surface area contributed by atoms with Crippen LogP contribution in [0.2, 0.25) is 0 Å². The summed E-state index contributed by atoms with van der Waals surface area (Å²) in [6, 6.07) is 0. The number of aryl methyl sites for hydroxylation is 1. The number of hydrogen-bond donors (Lipinski definition) is 2. The summed E-state index contributed by atoms with van der Waals surface area (Å²) in [5, 5.41) is 7.69. The predicted octanol–water partition coefficient (Wildman–Crippen LogP) is 2.26. The SMILES string of the molecule is COC(=O)c1c(NC(=S)NCCN(C)C)sc2c1CCCC2. The molecule has 1 heterocycles. The van der Waals surface area contributed by atoms with Gasteiger partial charge < -0.3 is 20.3 Å². The largest absolute Gasteiger partial charge is 0.465 e. The molecule has 0 saturated heterocycles. The first kappa shape index (κ1) is 17.2. The van der Waals surface area contributed by atoms with Gasteiger partial charge in [0.05, 0.1) is 12.7 Å². The van der Waals surface area contributed by atoms with E-state index in [0.717, 1.165) is 42.9 Å². The molecule has 2 N–H and O–H groups in total. The number of anilines is 1. The molecule has 0 spiro atoms. The van der Waals surface area contributed by atoms with Crippen molar-refractivity contribution in [1.82, 2.24) is 10.2 Å². The maximum absolute atomic E-state index is 12.1. The van der Waals surface area contributed by atoms with Gasteiger partial charge in [-0.2, -0.15) is 0 Å². The summed E-state index contributed by atoms with van der Waals surface area (Å²) in [6.07, 6.45) is 4.28. The second-order valence-corrected chi connectivity index (χ2v) is 7.10. The minimum atomic E-state index is -0.280. The van der Waals surface area contributed by atoms with Gasteiger partial charge in [0, 0.05) is 18.0 Å². The molecular formula is C15H23N3O2S2. The number of carbonyl (C=O) groups excluding carboxylic acids is 1. The Bertz CT molecular complexity index is 555. The number of rotatable bonds is 5. The number of nitrogens with one attached hydrogen (secondary N) is 2. The van der Waals surface area contributed by atoms with Gasteiger partial charge in [0.25, 0.3) is 0 Å². The smallest absolute Gasteiger partial charge is 0.341 e. The zero-order chi connectivity index (χ0) is 16.1. The highest BCUT2D eigenvalue weighted by molar-refractivity contribution is 7.80. The van der Waals surface area contributed by atoms with Crippen molar-refractivity contribution in [3.05, 3.63) is 16.0 Å². The molecule has 22 heavy (non-hydrogen) atoms. The number of carbonyl (C=O) groups is 1. The van der Waals surface area contributed by atoms with Crippen LogP contribution in [0, 0.1) is 0 Å². The molecule has 0 atom stereocenters. The van der Waals surface area contributed by atoms with Crippen LogP contribution in [0.3, 0.4) is 0 Å². The van der Waals surface area contributed by atoms with E-state index in [-0.39, 0.29) is 5.97 Å². The van der Waals surface area contributed by atoms with Gasteiger partial charge in [0.1, 0.15) is 5.00 Å². The number of nitrogens with zero attached hydrogens (tertiary/aromatic N) is 1. The maximum atomic E-state index is 12.1. The average Bonchev–Trinajstić information content (AvgIpc) is 2.83. The molecule has 122 valence electrons. The van der Waals surface area contributed by atoms with Crippen LogP contribution in [0.15, 0.2) is 0 Å². The van der Waals surface area contributed by atoms with E-state index >= 15 is 0 Å². The normalized spacial score (nSPS) is 13.6. The summed E-state index contributed by atoms with van der Waals surface area (Å²) < 4.78 is 4.95. The average molecular weight is 342 g/mol. The highest BCUT2D eigenvalue weighted by Gasteiger charge is 2.26. The van der Waals surface area contributed by atoms with Gasteiger partial charge in [-0.15, -0.1) is 11.3 Å². The Hall–Kier alpha value is -1.18. The fraction of sp³-hybridized carbons (Fsp3) is 0.600. The van der Waals surface area contributed by atoms with E-state index in [1.165, 1.54) is 18.4 Å². The fourth-order valence-electron chi connectivity index (χ4n) is 2.51. The molecule has 1 aliphatic carbocycles. The van der Waals surface area contributed by atoms with E-state index in [4.69, 9.17) is 17.0 Å². The van der Waals surface area contributed by atoms with E-state index in [1.807, 2.05) is 14.1 Å². The van der Waals surface area contributed by atoms with Crippen molar-refractivity contribution in [2.24, 2.45) is 0 Å². The molecule has 0 amide bonds. The van der Waals surface area contributed by atoms with Gasteiger partial charge in [-0.3, -0.25) is 0 Å². The molecule has 1 aromatic rings. The lowest BCUT2D eigenvalue weighted by molar-refractivity contribution is 0.0601. The maximum Gasteiger partial charge on any atom is 0.341 e. The lowest BCUT2D eigenvalue weighted by Gasteiger charge is -2.14. The van der Waals surface area contributed by atoms with Crippen molar-refractivity contribution in [2.45, 2.75) is 25.7 Å². The number of hydrogen-bond acceptors (Lipinski definition) is 5. The first-order chi connectivity index (χ1) is 10.5. The van der Waals surface area contributed by atoms with Crippen LogP contribution in [0.25, 0.3) is 0 Å². The third kappa shape index (κ3) is 4.18. The summed E-state index contributed by atoms with van der Waals surface area (Å²) in [5.74, 6) is -0.280. The molecule has 0 bridgehead atoms. The topological polar surface area (TPSA) is 53.6 Å². The summed E-state index contributed by atoms with van der Waals surface area (Å²) in [6.45, 7) is 1.66. The van der Waals surface area contributed by atoms with E-state index < -0.39 is 0 Å². The summed E-state index contributed by atoms with van der Waals surface area (Å²) in [4.78, 5) is 15.5. The number of esters is 1. The summed E-state index contributed by atoms with van der Waals surface area (Å²) in [7, 11) is 5.45. The van der Waals surface area contributed by atoms with Gasteiger partial charge >= 0.3 is 5.97 Å². The Labute approximate surface area is 141 Å². The Morgan fingerprint density at radius 2 is 2.09 bits per heavy atom. The van der Waals surface area contributed by atoms with Crippen LogP contribution in [-0.4, -0.2) is 50.3 Å². The second kappa shape index (κ2) is 7.89. The van der Waals surface area contributed by atoms with Crippen LogP contribution in [-0.2, 0) is 17.6 Å². The predicted molar refractivity (Wildman–Crippen MR) is 95.1 cm³/mol. The minimum Gasteiger partial charge on any atom is -0.465 e. The highest BCUT2D eigenvalue weighted by Crippen LogP contribution is 2.38. The standard InChI is InChI=1S/C15H23N3O2S2/c1-18(2)9-8-16-15(21)17-13-12(14(19)20-3)10-6-4-5-7-11(10)22-13/h4-9H2,1-3H3,(H2,16,17,21). The number of thiocarbonyl (C=S) groups is 1. The molecule has 0 radical (unpaired) electrons. The Balaban J connectivity index is 2.11. The zero-order valence-corrected chi connectivity index (χ0v) is 15.0. The number of methoxy groups -OCH3 is 1. The Morgan fingerprint density at radius 3 is 2.77 bits per heavy atom. The number of fused-ring (bicyclic) bond motifs is 1. The molecule has 7 heteroatoms. The van der Waals surface area contributed by atoms with Crippen LogP contribution in [0.4, 0.5) is 5.00 Å². The number of ether oxygens (including phenoxy) is 1. The van der Waals surface area contributed by atoms with Gasteiger partial charge in [-0.25, -0.2) is 4.79 Å². The molecule has 5 nitrogen and oxygen atoms in total. The highest BCUT2D eigenvalue weighted by atomic mass is 32.1. The molecule has 0 fully saturated rings. The fourth-order valence-corrected chi connectivity index (χ4v) is 4.06. The van der Waals surface area contributed by atoms with Gasteiger partial charge in [0.15, 0.2) is 5.11 Å². The first-order valence-electron chi connectivity index (χ1n) is 7.45. The second-order valence-electron chi connectivity index (χ2n) is 5.59. The first-order valence-corrected chi connectivity index (χ1v) is 8.67. The van der Waals surface area contributed by atoms with Crippen LogP contribution >= 0.6 is 23.6 Å². The summed E-state index contributed by atoms with van der Waals surface area (Å²) in [5.41, 5.74) is 1.81. The van der Waals surface area contributed by atoms with Crippen molar-refractivity contribution >= 4 is 39.6 Å². The minimum absolute atomic E-state index is 0.280. The van der Waals surface area contributed by atoms with E-state index in [0.29, 0.717) is 10.7 Å². The Kier molecular flexibility index (Phi) is 6.16. The number of thiophene rings is 1. The van der Waals surface area contributed by atoms with E-state index in [1.54, 1.807) is 11.3 Å². The summed E-state index contributed by atoms with van der Waals surface area (Å²) >= 11 is 6.95. The van der Waals surface area contributed by atoms with Crippen LogP contribution in [0.5, 0.6) is 0 Å². The van der Waals surface area contributed by atoms with Crippen molar-refractivity contribution in [3.63, 3.8) is 0 Å². The quantitative estimate of drug-likeness (QED) is 0.633. The third-order valence-electron chi connectivity index (χ3n) is 3.63. The zero-order valence-electron chi connectivity index (χ0n) is 13.3. The molecule has 0 aromatic carbocycles. The molecule has 0 unspecified atom stereocenters. The van der Waals surface area contributed by atoms with Gasteiger partial charge in [-0.05, 0) is 57.6 Å². The Morgan fingerprint density at radius 1 is 1.36 bits per heavy atom. The van der Waals surface area contributed by atoms with Crippen molar-refractivity contribution in [3.8, 4) is 0 Å². The van der Waals surface area contributed by atoms with Crippen molar-refractivity contribution in [2.75, 3.05) is 39.6 Å². The van der Waals surface area contributed by atoms with Crippen molar-refractivity contribution in [1.29, 1.82) is 0 Å². The molecule has 2 rings (SSSR count). The van der Waals surface area contributed by atoms with Gasteiger partial charge in [-0.1, -0.05) is 0 Å². The van der Waals surface area contributed by atoms with Gasteiger partial charge in [0.2, 0.25) is 0 Å². The molecular weight excluding hydrogens is 318 g/mol. The van der Waals surface area contributed by atoms with Crippen LogP contribution in [0.1, 0.15) is 33.6 Å². The third-order valence-corrected chi connectivity index (χ3v) is 5.09. The molecule has 1 aromatic heterocycles. The molecule has 1 aliphatic rings. The number of likely N-dealkylation sites (N-methyl/N-ethyl adjacent to an activating group) is 1. The van der Waals surface area contributed by atoms with Crippen molar-refractivity contribution < 1.29 is 9.53 Å². The lowest BCUT2D eigenvalue weighted by Crippen LogP contribution is -2.34.